The first-order chi connectivity index (χ1) is 5.52. The zero-order valence-electron chi connectivity index (χ0n) is 5.84. The van der Waals surface area contributed by atoms with Crippen LogP contribution in [0.1, 0.15) is 12.0 Å². The lowest BCUT2D eigenvalue weighted by Crippen LogP contribution is -2.12. The molecule has 0 aliphatic rings. The third-order valence-corrected chi connectivity index (χ3v) is 1.31. The molecule has 1 aromatic heterocycles. The Morgan fingerprint density at radius 1 is 1.58 bits per heavy atom. The van der Waals surface area contributed by atoms with E-state index in [1.54, 1.807) is 4.98 Å². The maximum absolute atomic E-state index is 12.0. The van der Waals surface area contributed by atoms with Crippen molar-refractivity contribution >= 4 is 5.69 Å². The summed E-state index contributed by atoms with van der Waals surface area (Å²) in [7, 11) is 0. The van der Waals surface area contributed by atoms with Crippen LogP contribution < -0.4 is 11.3 Å². The molecule has 0 spiro atoms. The Kier molecular flexibility index (Phi) is 1.99. The van der Waals surface area contributed by atoms with E-state index in [0.717, 1.165) is 6.07 Å². The quantitative estimate of drug-likeness (QED) is 0.586. The fourth-order valence-corrected chi connectivity index (χ4v) is 0.720. The smallest absolute Gasteiger partial charge is 0.273 e. The van der Waals surface area contributed by atoms with Gasteiger partial charge in [0.1, 0.15) is 0 Å². The highest BCUT2D eigenvalue weighted by molar-refractivity contribution is 5.42. The standard InChI is InChI=1S/C6H6F2N2O2/c7-4(8)2-1-3(9)6(12)10-5(2)11/h1,4H,9H2,(H2,10,11,12). The molecule has 4 nitrogen and oxygen atoms in total. The Morgan fingerprint density at radius 2 is 2.17 bits per heavy atom. The molecule has 0 bridgehead atoms. The fourth-order valence-electron chi connectivity index (χ4n) is 0.720. The van der Waals surface area contributed by atoms with Gasteiger partial charge in [0.05, 0.1) is 11.3 Å². The molecular formula is C6H6F2N2O2. The van der Waals surface area contributed by atoms with E-state index in [2.05, 4.69) is 0 Å². The molecule has 4 N–H and O–H groups in total. The van der Waals surface area contributed by atoms with Crippen LogP contribution in [0.4, 0.5) is 14.5 Å². The molecule has 0 amide bonds. The number of hydrogen-bond donors (Lipinski definition) is 3. The zero-order valence-corrected chi connectivity index (χ0v) is 5.84. The van der Waals surface area contributed by atoms with Gasteiger partial charge >= 0.3 is 0 Å². The van der Waals surface area contributed by atoms with Gasteiger partial charge in [0.25, 0.3) is 12.0 Å². The Hall–Kier alpha value is -1.59. The molecule has 0 radical (unpaired) electrons. The summed E-state index contributed by atoms with van der Waals surface area (Å²) in [5, 5.41) is 8.80. The summed E-state index contributed by atoms with van der Waals surface area (Å²) < 4.78 is 24.0. The van der Waals surface area contributed by atoms with E-state index in [-0.39, 0.29) is 5.69 Å². The SMILES string of the molecule is Nc1cc(C(F)F)c(O)[nH]c1=O. The van der Waals surface area contributed by atoms with Gasteiger partial charge in [-0.3, -0.25) is 9.78 Å². The largest absolute Gasteiger partial charge is 0.494 e. The molecular weight excluding hydrogens is 170 g/mol. The van der Waals surface area contributed by atoms with Crippen molar-refractivity contribution in [2.24, 2.45) is 0 Å². The number of rotatable bonds is 1. The molecule has 6 heteroatoms. The molecule has 0 aromatic carbocycles. The maximum Gasteiger partial charge on any atom is 0.273 e. The summed E-state index contributed by atoms with van der Waals surface area (Å²) in [6.07, 6.45) is -2.86. The second kappa shape index (κ2) is 2.80. The van der Waals surface area contributed by atoms with Crippen molar-refractivity contribution in [1.82, 2.24) is 4.98 Å². The van der Waals surface area contributed by atoms with E-state index < -0.39 is 23.4 Å². The number of H-pyrrole nitrogens is 1. The number of halogens is 2. The first kappa shape index (κ1) is 8.51. The Labute approximate surface area is 65.6 Å². The lowest BCUT2D eigenvalue weighted by molar-refractivity contribution is 0.146. The van der Waals surface area contributed by atoms with Gasteiger partial charge in [-0.2, -0.15) is 0 Å². The average Bonchev–Trinajstić information content (AvgIpc) is 1.96. The Morgan fingerprint density at radius 3 is 2.67 bits per heavy atom. The Balaban J connectivity index is 3.33. The second-order valence-electron chi connectivity index (χ2n) is 2.16. The predicted molar refractivity (Wildman–Crippen MR) is 38.1 cm³/mol. The number of alkyl halides is 2. The fraction of sp³-hybridized carbons (Fsp3) is 0.167. The van der Waals surface area contributed by atoms with Gasteiger partial charge in [-0.25, -0.2) is 8.78 Å². The van der Waals surface area contributed by atoms with Crippen molar-refractivity contribution in [1.29, 1.82) is 0 Å². The number of nitrogens with one attached hydrogen (secondary N) is 1. The molecule has 0 unspecified atom stereocenters. The van der Waals surface area contributed by atoms with E-state index in [1.807, 2.05) is 0 Å². The lowest BCUT2D eigenvalue weighted by atomic mass is 10.2. The van der Waals surface area contributed by atoms with E-state index >= 15 is 0 Å². The van der Waals surface area contributed by atoms with Crippen LogP contribution in [-0.4, -0.2) is 10.1 Å². The van der Waals surface area contributed by atoms with Crippen LogP contribution in [-0.2, 0) is 0 Å². The van der Waals surface area contributed by atoms with E-state index in [1.165, 1.54) is 0 Å². The number of nitrogens with two attached hydrogens (primary N) is 1. The number of aromatic hydroxyl groups is 1. The number of anilines is 1. The third kappa shape index (κ3) is 1.36. The summed E-state index contributed by atoms with van der Waals surface area (Å²) >= 11 is 0. The van der Waals surface area contributed by atoms with Crippen molar-refractivity contribution in [3.05, 3.63) is 22.0 Å². The van der Waals surface area contributed by atoms with Gasteiger partial charge in [-0.15, -0.1) is 0 Å². The monoisotopic (exact) mass is 176 g/mol. The lowest BCUT2D eigenvalue weighted by Gasteiger charge is -2.02. The highest BCUT2D eigenvalue weighted by Crippen LogP contribution is 2.25. The molecule has 1 heterocycles. The van der Waals surface area contributed by atoms with Gasteiger partial charge < -0.3 is 10.8 Å². The van der Waals surface area contributed by atoms with Crippen LogP contribution in [0.3, 0.4) is 0 Å². The average molecular weight is 176 g/mol. The Bertz CT molecular complexity index is 348. The first-order valence-electron chi connectivity index (χ1n) is 3.02. The van der Waals surface area contributed by atoms with Gasteiger partial charge in [0.2, 0.25) is 0 Å². The number of aromatic amines is 1. The topological polar surface area (TPSA) is 79.1 Å². The minimum atomic E-state index is -2.86. The minimum absolute atomic E-state index is 0.344. The summed E-state index contributed by atoms with van der Waals surface area (Å²) in [6.45, 7) is 0. The van der Waals surface area contributed by atoms with Crippen LogP contribution in [0.15, 0.2) is 10.9 Å². The number of aromatic nitrogens is 1. The summed E-state index contributed by atoms with van der Waals surface area (Å²) in [6, 6.07) is 0.749. The number of hydrogen-bond acceptors (Lipinski definition) is 3. The number of nitrogen functional groups attached to an aromatic ring is 1. The van der Waals surface area contributed by atoms with E-state index in [9.17, 15) is 13.6 Å². The minimum Gasteiger partial charge on any atom is -0.494 e. The zero-order chi connectivity index (χ0) is 9.30. The first-order valence-corrected chi connectivity index (χ1v) is 3.02. The molecule has 1 aromatic rings. The van der Waals surface area contributed by atoms with Crippen LogP contribution in [0.2, 0.25) is 0 Å². The van der Waals surface area contributed by atoms with Crippen molar-refractivity contribution in [3.63, 3.8) is 0 Å². The van der Waals surface area contributed by atoms with E-state index in [4.69, 9.17) is 10.8 Å². The second-order valence-corrected chi connectivity index (χ2v) is 2.16. The van der Waals surface area contributed by atoms with Crippen LogP contribution >= 0.6 is 0 Å². The van der Waals surface area contributed by atoms with Crippen molar-refractivity contribution in [3.8, 4) is 5.88 Å². The molecule has 0 aliphatic heterocycles. The molecule has 0 atom stereocenters. The molecule has 0 saturated carbocycles. The third-order valence-electron chi connectivity index (χ3n) is 1.31. The normalized spacial score (nSPS) is 10.6. The highest BCUT2D eigenvalue weighted by atomic mass is 19.3. The van der Waals surface area contributed by atoms with Crippen molar-refractivity contribution in [2.45, 2.75) is 6.43 Å². The van der Waals surface area contributed by atoms with Crippen LogP contribution in [0.5, 0.6) is 5.88 Å². The van der Waals surface area contributed by atoms with Crippen molar-refractivity contribution < 1.29 is 13.9 Å². The molecule has 12 heavy (non-hydrogen) atoms. The molecule has 1 rings (SSSR count). The molecule has 0 aliphatic carbocycles. The van der Waals surface area contributed by atoms with Gasteiger partial charge in [0.15, 0.2) is 5.88 Å². The van der Waals surface area contributed by atoms with Crippen molar-refractivity contribution in [2.75, 3.05) is 5.73 Å². The van der Waals surface area contributed by atoms with E-state index in [0.29, 0.717) is 0 Å². The summed E-state index contributed by atoms with van der Waals surface area (Å²) in [5.41, 5.74) is 3.24. The van der Waals surface area contributed by atoms with Crippen LogP contribution in [0.25, 0.3) is 0 Å². The van der Waals surface area contributed by atoms with Crippen LogP contribution in [0, 0.1) is 0 Å². The predicted octanol–water partition coefficient (Wildman–Crippen LogP) is 0.600. The molecule has 0 saturated heterocycles. The summed E-state index contributed by atoms with van der Waals surface area (Å²) in [5.74, 6) is -0.843. The summed E-state index contributed by atoms with van der Waals surface area (Å²) in [4.78, 5) is 12.4. The maximum atomic E-state index is 12.0. The van der Waals surface area contributed by atoms with Gasteiger partial charge in [-0.1, -0.05) is 0 Å². The molecule has 0 fully saturated rings. The van der Waals surface area contributed by atoms with Gasteiger partial charge in [-0.05, 0) is 6.07 Å². The van der Waals surface area contributed by atoms with Gasteiger partial charge in [0, 0.05) is 0 Å². The highest BCUT2D eigenvalue weighted by Gasteiger charge is 2.14. The number of pyridine rings is 1. The molecule has 66 valence electrons.